The first-order valence-corrected chi connectivity index (χ1v) is 24.1. The normalized spacial score (nSPS) is 21.7. The Labute approximate surface area is 394 Å². The van der Waals surface area contributed by atoms with Crippen LogP contribution in [0.5, 0.6) is 5.75 Å². The average Bonchev–Trinajstić information content (AvgIpc) is 4.01. The molecule has 17 nitrogen and oxygen atoms in total. The highest BCUT2D eigenvalue weighted by atomic mass is 32.1. The second-order valence-electron chi connectivity index (χ2n) is 19.5. The summed E-state index contributed by atoms with van der Waals surface area (Å²) in [4.78, 5) is 65.2. The van der Waals surface area contributed by atoms with Gasteiger partial charge in [0, 0.05) is 80.7 Å². The first kappa shape index (κ1) is 45.9. The number of likely N-dealkylation sites (tertiary alicyclic amines) is 2. The predicted octanol–water partition coefficient (Wildman–Crippen LogP) is 4.53. The van der Waals surface area contributed by atoms with Crippen molar-refractivity contribution in [1.29, 1.82) is 0 Å². The van der Waals surface area contributed by atoms with E-state index in [9.17, 15) is 24.6 Å². The Hall–Kier alpha value is -6.24. The minimum atomic E-state index is -0.885. The number of aromatic nitrogens is 5. The number of piperidine rings is 1. The third-order valence-electron chi connectivity index (χ3n) is 13.8. The van der Waals surface area contributed by atoms with E-state index in [1.807, 2.05) is 88.1 Å². The molecular weight excluding hydrogens is 869 g/mol. The van der Waals surface area contributed by atoms with Crippen LogP contribution < -0.4 is 26.2 Å². The molecule has 3 amide bonds. The van der Waals surface area contributed by atoms with Crippen LogP contribution in [0.25, 0.3) is 21.7 Å². The van der Waals surface area contributed by atoms with E-state index < -0.39 is 23.6 Å². The van der Waals surface area contributed by atoms with E-state index in [2.05, 4.69) is 40.5 Å². The number of nitrogens with zero attached hydrogens (tertiary/aromatic N) is 9. The predicted molar refractivity (Wildman–Crippen MR) is 257 cm³/mol. The molecule has 4 fully saturated rings. The molecular formula is C49H60N12O5S. The van der Waals surface area contributed by atoms with Gasteiger partial charge < -0.3 is 41.3 Å². The maximum Gasteiger partial charge on any atom is 0.246 e. The van der Waals surface area contributed by atoms with E-state index in [4.69, 9.17) is 15.7 Å². The van der Waals surface area contributed by atoms with Crippen molar-refractivity contribution < 1.29 is 24.6 Å². The van der Waals surface area contributed by atoms with Crippen molar-refractivity contribution in [2.45, 2.75) is 103 Å². The number of piperazine rings is 1. The van der Waals surface area contributed by atoms with Crippen molar-refractivity contribution in [2.24, 2.45) is 11.3 Å². The number of aryl methyl sites for hydroxylation is 1. The molecule has 2 bridgehead atoms. The molecule has 5 atom stereocenters. The SMILES string of the molecule is Cc1ncsc1-c1ccc(CNC(=O)[C@@H]2C[C@@H](O)CN2C(=O)[C@@H](NC(=O)C2CCN(Cc3cnc(N4C5CCC4CN(c4cc(-c6ccccc6O)nnc4N)C5)nc3)CC2)C(C)(C)C)cc1. The molecule has 7 heterocycles. The van der Waals surface area contributed by atoms with Gasteiger partial charge in [0.15, 0.2) is 5.82 Å². The third kappa shape index (κ3) is 9.92. The van der Waals surface area contributed by atoms with Crippen LogP contribution in [0.15, 0.2) is 72.5 Å². The van der Waals surface area contributed by atoms with Gasteiger partial charge in [0.05, 0.1) is 33.6 Å². The number of aliphatic hydroxyl groups is 1. The molecule has 6 N–H and O–H groups in total. The molecule has 4 saturated heterocycles. The maximum atomic E-state index is 14.3. The van der Waals surface area contributed by atoms with Crippen molar-refractivity contribution >= 4 is 46.5 Å². The van der Waals surface area contributed by atoms with Gasteiger partial charge in [-0.25, -0.2) is 15.0 Å². The lowest BCUT2D eigenvalue weighted by molar-refractivity contribution is -0.144. The number of hydrogen-bond donors (Lipinski definition) is 5. The number of nitrogen functional groups attached to an aromatic ring is 1. The molecule has 5 aromatic rings. The van der Waals surface area contributed by atoms with E-state index >= 15 is 0 Å². The zero-order valence-corrected chi connectivity index (χ0v) is 39.3. The second-order valence-corrected chi connectivity index (χ2v) is 20.4. The number of hydrogen-bond acceptors (Lipinski definition) is 15. The summed E-state index contributed by atoms with van der Waals surface area (Å²) < 4.78 is 0. The van der Waals surface area contributed by atoms with Gasteiger partial charge in [-0.1, -0.05) is 57.2 Å². The summed E-state index contributed by atoms with van der Waals surface area (Å²) in [6.07, 6.45) is 6.37. The number of aliphatic hydroxyl groups excluding tert-OH is 1. The molecule has 18 heteroatoms. The summed E-state index contributed by atoms with van der Waals surface area (Å²) in [6, 6.07) is 15.6. The number of carbonyl (C=O) groups excluding carboxylic acids is 3. The van der Waals surface area contributed by atoms with Gasteiger partial charge in [0.25, 0.3) is 0 Å². The zero-order valence-electron chi connectivity index (χ0n) is 38.5. The zero-order chi connectivity index (χ0) is 47.0. The number of benzene rings is 2. The number of β-amino-alcohol motifs (C(OH)–C–C–N with tert-alkyl or cyclic N) is 1. The number of amides is 3. The van der Waals surface area contributed by atoms with E-state index in [-0.39, 0.29) is 61.0 Å². The van der Waals surface area contributed by atoms with Crippen LogP contribution in [0.1, 0.15) is 69.7 Å². The van der Waals surface area contributed by atoms with Crippen molar-refractivity contribution in [3.63, 3.8) is 0 Å². The lowest BCUT2D eigenvalue weighted by Crippen LogP contribution is -2.58. The number of anilines is 3. The Morgan fingerprint density at radius 3 is 2.25 bits per heavy atom. The third-order valence-corrected chi connectivity index (χ3v) is 14.8. The highest BCUT2D eigenvalue weighted by Gasteiger charge is 2.45. The number of thiazole rings is 1. The summed E-state index contributed by atoms with van der Waals surface area (Å²) in [5.41, 5.74) is 13.5. The summed E-state index contributed by atoms with van der Waals surface area (Å²) in [5, 5.41) is 35.7. The van der Waals surface area contributed by atoms with E-state index in [1.54, 1.807) is 23.5 Å². The van der Waals surface area contributed by atoms with Crippen LogP contribution >= 0.6 is 11.3 Å². The van der Waals surface area contributed by atoms with Gasteiger partial charge in [0.1, 0.15) is 17.8 Å². The number of aromatic hydroxyl groups is 1. The van der Waals surface area contributed by atoms with Crippen molar-refractivity contribution in [1.82, 2.24) is 45.6 Å². The fourth-order valence-corrected chi connectivity index (χ4v) is 10.9. The van der Waals surface area contributed by atoms with Gasteiger partial charge in [-0.05, 0) is 80.4 Å². The molecule has 9 rings (SSSR count). The molecule has 0 spiro atoms. The van der Waals surface area contributed by atoms with Crippen molar-refractivity contribution in [3.05, 3.63) is 89.3 Å². The largest absolute Gasteiger partial charge is 0.507 e. The Bertz CT molecular complexity index is 2560. The first-order chi connectivity index (χ1) is 32.2. The maximum absolute atomic E-state index is 14.3. The Balaban J connectivity index is 0.760. The highest BCUT2D eigenvalue weighted by Crippen LogP contribution is 2.38. The fourth-order valence-electron chi connectivity index (χ4n) is 10.1. The number of fused-ring (bicyclic) bond motifs is 2. The summed E-state index contributed by atoms with van der Waals surface area (Å²) >= 11 is 1.58. The number of rotatable bonds is 12. The smallest absolute Gasteiger partial charge is 0.246 e. The quantitative estimate of drug-likeness (QED) is 0.116. The van der Waals surface area contributed by atoms with Crippen LogP contribution in [0.3, 0.4) is 0 Å². The Morgan fingerprint density at radius 1 is 0.896 bits per heavy atom. The second kappa shape index (κ2) is 19.2. The number of phenolic OH excluding ortho intramolecular Hbond substituents is 1. The van der Waals surface area contributed by atoms with Crippen molar-refractivity contribution in [3.8, 4) is 27.4 Å². The summed E-state index contributed by atoms with van der Waals surface area (Å²) in [6.45, 7) is 11.5. The number of phenols is 1. The van der Waals surface area contributed by atoms with E-state index in [1.165, 1.54) is 4.90 Å². The minimum absolute atomic E-state index is 0.0204. The van der Waals surface area contributed by atoms with Crippen LogP contribution in [0, 0.1) is 18.3 Å². The molecule has 352 valence electrons. The highest BCUT2D eigenvalue weighted by molar-refractivity contribution is 7.13. The molecule has 4 aliphatic rings. The van der Waals surface area contributed by atoms with E-state index in [0.717, 1.165) is 58.9 Å². The standard InChI is InChI=1S/C49H60N12O5S/c1-29-42(67-28-54-29)32-11-9-30(10-12-32)21-51-46(65)40-19-36(62)27-60(40)47(66)43(49(2,3)4)55-45(64)33-15-17-58(18-16-33)24-31-22-52-48(53-23-31)61-34-13-14-35(61)26-59(25-34)39-20-38(56-57-44(39)50)37-7-5-6-8-41(37)63/h5-12,20,22-23,28,33-36,40,43,62-63H,13-19,21,24-27H2,1-4H3,(H2,50,57)(H,51,65)(H,55,64)/t34?,35?,36-,40+,43-/m1/s1. The molecule has 0 aliphatic carbocycles. The van der Waals surface area contributed by atoms with Crippen LogP contribution in [-0.4, -0.2) is 126 Å². The van der Waals surface area contributed by atoms with Gasteiger partial charge >= 0.3 is 0 Å². The van der Waals surface area contributed by atoms with Crippen LogP contribution in [0.2, 0.25) is 0 Å². The minimum Gasteiger partial charge on any atom is -0.507 e. The van der Waals surface area contributed by atoms with Gasteiger partial charge in [-0.15, -0.1) is 21.5 Å². The molecule has 4 aliphatic heterocycles. The monoisotopic (exact) mass is 928 g/mol. The fraction of sp³-hybridized carbons (Fsp3) is 0.469. The number of para-hydroxylation sites is 1. The molecule has 0 radical (unpaired) electrons. The van der Waals surface area contributed by atoms with Crippen LogP contribution in [-0.2, 0) is 27.5 Å². The molecule has 67 heavy (non-hydrogen) atoms. The number of nitrogens with one attached hydrogen (secondary N) is 2. The lowest BCUT2D eigenvalue weighted by Gasteiger charge is -2.42. The van der Waals surface area contributed by atoms with Crippen molar-refractivity contribution in [2.75, 3.05) is 48.3 Å². The average molecular weight is 929 g/mol. The molecule has 0 saturated carbocycles. The Kier molecular flexibility index (Phi) is 13.1. The van der Waals surface area contributed by atoms with Crippen LogP contribution in [0.4, 0.5) is 17.5 Å². The first-order valence-electron chi connectivity index (χ1n) is 23.2. The molecule has 2 aromatic carbocycles. The van der Waals surface area contributed by atoms with Gasteiger partial charge in [-0.3, -0.25) is 19.3 Å². The van der Waals surface area contributed by atoms with Gasteiger partial charge in [0.2, 0.25) is 23.7 Å². The summed E-state index contributed by atoms with van der Waals surface area (Å²) in [5.74, 6) is 0.0583. The Morgan fingerprint density at radius 2 is 1.60 bits per heavy atom. The topological polar surface area (TPSA) is 219 Å². The summed E-state index contributed by atoms with van der Waals surface area (Å²) in [7, 11) is 0. The molecule has 3 aromatic heterocycles. The van der Waals surface area contributed by atoms with Gasteiger partial charge in [-0.2, -0.15) is 0 Å². The number of nitrogens with two attached hydrogens (primary N) is 1. The molecule has 2 unspecified atom stereocenters. The lowest BCUT2D eigenvalue weighted by atomic mass is 9.84. The number of carbonyl (C=O) groups is 3. The van der Waals surface area contributed by atoms with E-state index in [0.29, 0.717) is 55.5 Å².